The van der Waals surface area contributed by atoms with Gasteiger partial charge in [0, 0.05) is 13.7 Å². The number of benzene rings is 1. The van der Waals surface area contributed by atoms with Crippen LogP contribution in [0, 0.1) is 0 Å². The Morgan fingerprint density at radius 3 is 2.71 bits per heavy atom. The quantitative estimate of drug-likeness (QED) is 0.670. The van der Waals surface area contributed by atoms with Crippen LogP contribution < -0.4 is 4.74 Å². The Morgan fingerprint density at radius 1 is 1.29 bits per heavy atom. The number of aliphatic hydroxyl groups excluding tert-OH is 1. The van der Waals surface area contributed by atoms with Crippen LogP contribution in [-0.4, -0.2) is 53.7 Å². The second-order valence-corrected chi connectivity index (χ2v) is 6.12. The fraction of sp³-hybridized carbons (Fsp3) is 0.300. The number of carbonyl (C=O) groups is 2. The van der Waals surface area contributed by atoms with Crippen LogP contribution in [0.3, 0.4) is 0 Å². The number of aromatic hydroxyl groups is 1. The number of phenolic OH excluding ortho intramolecular Hbond substituents is 1. The van der Waals surface area contributed by atoms with Gasteiger partial charge in [0.15, 0.2) is 23.0 Å². The molecule has 1 atom stereocenters. The molecule has 0 saturated carbocycles. The molecule has 0 fully saturated rings. The monoisotopic (exact) mass is 387 g/mol. The van der Waals surface area contributed by atoms with Crippen LogP contribution in [-0.2, 0) is 9.53 Å². The normalized spacial score (nSPS) is 16.7. The average molecular weight is 387 g/mol. The summed E-state index contributed by atoms with van der Waals surface area (Å²) in [7, 11) is 1.49. The van der Waals surface area contributed by atoms with E-state index in [4.69, 9.17) is 13.9 Å². The number of hydrogen-bond donors (Lipinski definition) is 2. The van der Waals surface area contributed by atoms with Crippen LogP contribution in [0.5, 0.6) is 11.5 Å². The minimum absolute atomic E-state index is 0.0109. The molecule has 1 aliphatic rings. The van der Waals surface area contributed by atoms with Gasteiger partial charge >= 0.3 is 0 Å². The van der Waals surface area contributed by atoms with E-state index in [0.29, 0.717) is 12.2 Å². The minimum atomic E-state index is -0.875. The number of methoxy groups -OCH3 is 1. The largest absolute Gasteiger partial charge is 0.504 e. The van der Waals surface area contributed by atoms with Gasteiger partial charge < -0.3 is 29.0 Å². The van der Waals surface area contributed by atoms with Crippen LogP contribution in [0.25, 0.3) is 0 Å². The van der Waals surface area contributed by atoms with Crippen molar-refractivity contribution in [3.8, 4) is 11.5 Å². The highest BCUT2D eigenvalue weighted by Crippen LogP contribution is 2.41. The number of furan rings is 1. The Labute approximate surface area is 161 Å². The molecule has 0 saturated heterocycles. The summed E-state index contributed by atoms with van der Waals surface area (Å²) >= 11 is 0. The SMILES string of the molecule is CCOc1cc(C2C(C(=O)c3ccco3)=C(O)C(=O)N2CCOC)ccc1O. The second kappa shape index (κ2) is 8.18. The van der Waals surface area contributed by atoms with E-state index in [9.17, 15) is 19.8 Å². The lowest BCUT2D eigenvalue weighted by atomic mass is 9.94. The molecule has 8 nitrogen and oxygen atoms in total. The van der Waals surface area contributed by atoms with E-state index >= 15 is 0 Å². The first-order chi connectivity index (χ1) is 13.5. The van der Waals surface area contributed by atoms with Crippen LogP contribution in [0.1, 0.15) is 29.1 Å². The molecule has 2 N–H and O–H groups in total. The molecular weight excluding hydrogens is 366 g/mol. The predicted octanol–water partition coefficient (Wildman–Crippen LogP) is 2.61. The zero-order chi connectivity index (χ0) is 20.3. The number of rotatable bonds is 8. The topological polar surface area (TPSA) is 109 Å². The third-order valence-corrected chi connectivity index (χ3v) is 4.43. The highest BCUT2D eigenvalue weighted by atomic mass is 16.5. The summed E-state index contributed by atoms with van der Waals surface area (Å²) in [6.07, 6.45) is 1.34. The number of Topliss-reactive ketones (excluding diaryl/α,β-unsaturated/α-hetero) is 1. The van der Waals surface area contributed by atoms with Crippen LogP contribution in [0.4, 0.5) is 0 Å². The maximum Gasteiger partial charge on any atom is 0.290 e. The minimum Gasteiger partial charge on any atom is -0.504 e. The van der Waals surface area contributed by atoms with Crippen molar-refractivity contribution in [2.24, 2.45) is 0 Å². The summed E-state index contributed by atoms with van der Waals surface area (Å²) in [5.41, 5.74) is 0.411. The lowest BCUT2D eigenvalue weighted by molar-refractivity contribution is -0.130. The van der Waals surface area contributed by atoms with E-state index in [1.165, 1.54) is 30.4 Å². The van der Waals surface area contributed by atoms with E-state index in [-0.39, 0.29) is 36.0 Å². The van der Waals surface area contributed by atoms with E-state index in [1.54, 1.807) is 25.1 Å². The number of ketones is 1. The van der Waals surface area contributed by atoms with Gasteiger partial charge in [-0.1, -0.05) is 6.07 Å². The van der Waals surface area contributed by atoms with Gasteiger partial charge in [0.1, 0.15) is 0 Å². The van der Waals surface area contributed by atoms with Crippen molar-refractivity contribution in [2.75, 3.05) is 26.9 Å². The van der Waals surface area contributed by atoms with Gasteiger partial charge in [-0.15, -0.1) is 0 Å². The Morgan fingerprint density at radius 2 is 2.07 bits per heavy atom. The summed E-state index contributed by atoms with van der Waals surface area (Å²) in [6.45, 7) is 2.47. The molecule has 1 unspecified atom stereocenters. The molecule has 0 radical (unpaired) electrons. The molecule has 2 aromatic rings. The Kier molecular flexibility index (Phi) is 5.70. The molecule has 0 spiro atoms. The maximum absolute atomic E-state index is 12.9. The molecule has 0 bridgehead atoms. The van der Waals surface area contributed by atoms with Crippen LogP contribution in [0.2, 0.25) is 0 Å². The highest BCUT2D eigenvalue weighted by molar-refractivity contribution is 6.15. The van der Waals surface area contributed by atoms with Crippen molar-refractivity contribution < 1.29 is 33.7 Å². The van der Waals surface area contributed by atoms with E-state index < -0.39 is 23.5 Å². The molecule has 1 amide bonds. The van der Waals surface area contributed by atoms with Crippen LogP contribution >= 0.6 is 0 Å². The van der Waals surface area contributed by atoms with Gasteiger partial charge in [-0.05, 0) is 36.8 Å². The number of ether oxygens (including phenoxy) is 2. The van der Waals surface area contributed by atoms with E-state index in [2.05, 4.69) is 0 Å². The first kappa shape index (κ1) is 19.5. The smallest absolute Gasteiger partial charge is 0.290 e. The van der Waals surface area contributed by atoms with Crippen molar-refractivity contribution in [1.82, 2.24) is 4.90 Å². The van der Waals surface area contributed by atoms with Crippen LogP contribution in [0.15, 0.2) is 52.3 Å². The molecule has 1 aliphatic heterocycles. The van der Waals surface area contributed by atoms with Crippen molar-refractivity contribution in [3.63, 3.8) is 0 Å². The van der Waals surface area contributed by atoms with Crippen molar-refractivity contribution >= 4 is 11.7 Å². The first-order valence-electron chi connectivity index (χ1n) is 8.76. The number of aliphatic hydroxyl groups is 1. The molecule has 8 heteroatoms. The lowest BCUT2D eigenvalue weighted by Gasteiger charge is -2.26. The molecule has 0 aliphatic carbocycles. The Bertz CT molecular complexity index is 901. The van der Waals surface area contributed by atoms with Gasteiger partial charge in [-0.2, -0.15) is 0 Å². The molecule has 2 heterocycles. The molecular formula is C20H21NO7. The summed E-state index contributed by atoms with van der Waals surface area (Å²) < 4.78 is 15.6. The highest BCUT2D eigenvalue weighted by Gasteiger charge is 2.44. The van der Waals surface area contributed by atoms with Gasteiger partial charge in [0.05, 0.1) is 31.1 Å². The third-order valence-electron chi connectivity index (χ3n) is 4.43. The van der Waals surface area contributed by atoms with Crippen molar-refractivity contribution in [2.45, 2.75) is 13.0 Å². The average Bonchev–Trinajstić information content (AvgIpc) is 3.30. The fourth-order valence-corrected chi connectivity index (χ4v) is 3.16. The van der Waals surface area contributed by atoms with Crippen molar-refractivity contribution in [1.29, 1.82) is 0 Å². The fourth-order valence-electron chi connectivity index (χ4n) is 3.16. The zero-order valence-electron chi connectivity index (χ0n) is 15.5. The summed E-state index contributed by atoms with van der Waals surface area (Å²) in [5, 5.41) is 20.4. The molecule has 1 aromatic carbocycles. The summed E-state index contributed by atoms with van der Waals surface area (Å²) in [5.74, 6) is -1.74. The lowest BCUT2D eigenvalue weighted by Crippen LogP contribution is -2.34. The van der Waals surface area contributed by atoms with Gasteiger partial charge in [0.25, 0.3) is 5.91 Å². The van der Waals surface area contributed by atoms with Gasteiger partial charge in [-0.25, -0.2) is 0 Å². The number of amides is 1. The summed E-state index contributed by atoms with van der Waals surface area (Å²) in [6, 6.07) is 6.68. The first-order valence-corrected chi connectivity index (χ1v) is 8.76. The third kappa shape index (κ3) is 3.46. The maximum atomic E-state index is 12.9. The molecule has 1 aromatic heterocycles. The standard InChI is InChI=1S/C20H21NO7/c1-3-27-15-11-12(6-7-13(15)22)17-16(18(23)14-5-4-9-28-14)19(24)20(25)21(17)8-10-26-2/h4-7,9,11,17,22,24H,3,8,10H2,1-2H3. The van der Waals surface area contributed by atoms with E-state index in [0.717, 1.165) is 0 Å². The van der Waals surface area contributed by atoms with Crippen molar-refractivity contribution in [3.05, 3.63) is 59.3 Å². The zero-order valence-corrected chi connectivity index (χ0v) is 15.5. The Hall–Kier alpha value is -3.26. The number of carbonyl (C=O) groups excluding carboxylic acids is 2. The number of phenols is 1. The number of nitrogens with zero attached hydrogens (tertiary/aromatic N) is 1. The van der Waals surface area contributed by atoms with Gasteiger partial charge in [-0.3, -0.25) is 9.59 Å². The number of hydrogen-bond acceptors (Lipinski definition) is 7. The summed E-state index contributed by atoms with van der Waals surface area (Å²) in [4.78, 5) is 26.9. The van der Waals surface area contributed by atoms with E-state index in [1.807, 2.05) is 0 Å². The molecule has 28 heavy (non-hydrogen) atoms. The van der Waals surface area contributed by atoms with Gasteiger partial charge in [0.2, 0.25) is 5.78 Å². The second-order valence-electron chi connectivity index (χ2n) is 6.12. The molecule has 148 valence electrons. The predicted molar refractivity (Wildman–Crippen MR) is 98.3 cm³/mol. The Balaban J connectivity index is 2.09. The molecule has 3 rings (SSSR count).